The van der Waals surface area contributed by atoms with Crippen molar-refractivity contribution < 1.29 is 4.79 Å². The fourth-order valence-corrected chi connectivity index (χ4v) is 1.81. The van der Waals surface area contributed by atoms with E-state index in [0.29, 0.717) is 5.13 Å². The van der Waals surface area contributed by atoms with Crippen LogP contribution in [0.25, 0.3) is 10.6 Å². The molecule has 6 heteroatoms. The van der Waals surface area contributed by atoms with Crippen molar-refractivity contribution in [1.82, 2.24) is 15.2 Å². The molecule has 2 aromatic heterocycles. The zero-order chi connectivity index (χ0) is 10.7. The van der Waals surface area contributed by atoms with Gasteiger partial charge in [0.25, 0.3) is 0 Å². The van der Waals surface area contributed by atoms with Crippen molar-refractivity contribution in [3.05, 3.63) is 24.5 Å². The van der Waals surface area contributed by atoms with E-state index in [1.807, 2.05) is 12.1 Å². The Kier molecular flexibility index (Phi) is 2.68. The van der Waals surface area contributed by atoms with Crippen LogP contribution >= 0.6 is 11.3 Å². The minimum atomic E-state index is -0.149. The van der Waals surface area contributed by atoms with E-state index in [9.17, 15) is 4.79 Å². The van der Waals surface area contributed by atoms with Gasteiger partial charge in [-0.05, 0) is 12.1 Å². The van der Waals surface area contributed by atoms with Crippen LogP contribution in [-0.2, 0) is 4.79 Å². The van der Waals surface area contributed by atoms with E-state index >= 15 is 0 Å². The van der Waals surface area contributed by atoms with Crippen LogP contribution in [-0.4, -0.2) is 21.1 Å². The van der Waals surface area contributed by atoms with Gasteiger partial charge in [-0.15, -0.1) is 10.2 Å². The fourth-order valence-electron chi connectivity index (χ4n) is 1.03. The van der Waals surface area contributed by atoms with E-state index < -0.39 is 0 Å². The first kappa shape index (κ1) is 9.72. The van der Waals surface area contributed by atoms with Gasteiger partial charge in [-0.2, -0.15) is 0 Å². The van der Waals surface area contributed by atoms with Crippen LogP contribution in [0.5, 0.6) is 0 Å². The largest absolute Gasteiger partial charge is 0.301 e. The number of nitrogens with zero attached hydrogens (tertiary/aromatic N) is 3. The summed E-state index contributed by atoms with van der Waals surface area (Å²) in [5, 5.41) is 11.6. The Morgan fingerprint density at radius 2 is 2.33 bits per heavy atom. The van der Waals surface area contributed by atoms with Gasteiger partial charge < -0.3 is 5.32 Å². The summed E-state index contributed by atoms with van der Waals surface area (Å²) < 4.78 is 0. The molecule has 0 aliphatic carbocycles. The number of amides is 1. The third kappa shape index (κ3) is 2.35. The van der Waals surface area contributed by atoms with Gasteiger partial charge in [0.1, 0.15) is 0 Å². The maximum atomic E-state index is 10.8. The zero-order valence-corrected chi connectivity index (χ0v) is 8.78. The Labute approximate surface area is 90.2 Å². The quantitative estimate of drug-likeness (QED) is 0.833. The third-order valence-corrected chi connectivity index (χ3v) is 2.50. The Balaban J connectivity index is 2.24. The molecule has 0 radical (unpaired) electrons. The monoisotopic (exact) mass is 220 g/mol. The molecule has 2 rings (SSSR count). The van der Waals surface area contributed by atoms with E-state index in [1.165, 1.54) is 18.3 Å². The number of carbonyl (C=O) groups is 1. The molecular formula is C9H8N4OS. The van der Waals surface area contributed by atoms with Gasteiger partial charge in [0, 0.05) is 24.9 Å². The molecule has 0 saturated heterocycles. The topological polar surface area (TPSA) is 67.8 Å². The number of anilines is 1. The van der Waals surface area contributed by atoms with E-state index in [0.717, 1.165) is 10.6 Å². The average molecular weight is 220 g/mol. The first-order valence-electron chi connectivity index (χ1n) is 4.27. The highest BCUT2D eigenvalue weighted by atomic mass is 32.1. The standard InChI is InChI=1S/C9H8N4OS/c1-6(14)11-9-13-12-8(15-9)7-3-2-4-10-5-7/h2-5H,1H3,(H,11,13,14). The van der Waals surface area contributed by atoms with Gasteiger partial charge in [0.05, 0.1) is 0 Å². The molecular weight excluding hydrogens is 212 g/mol. The second-order valence-electron chi connectivity index (χ2n) is 2.84. The summed E-state index contributed by atoms with van der Waals surface area (Å²) >= 11 is 1.32. The second-order valence-corrected chi connectivity index (χ2v) is 3.81. The van der Waals surface area contributed by atoms with Crippen LogP contribution in [0.1, 0.15) is 6.92 Å². The molecule has 76 valence electrons. The molecule has 1 N–H and O–H groups in total. The van der Waals surface area contributed by atoms with Gasteiger partial charge in [0.15, 0.2) is 5.01 Å². The van der Waals surface area contributed by atoms with Crippen LogP contribution in [0.3, 0.4) is 0 Å². The van der Waals surface area contributed by atoms with E-state index in [1.54, 1.807) is 12.4 Å². The lowest BCUT2D eigenvalue weighted by Gasteiger charge is -1.92. The van der Waals surface area contributed by atoms with E-state index in [2.05, 4.69) is 20.5 Å². The summed E-state index contributed by atoms with van der Waals surface area (Å²) in [5.41, 5.74) is 0.895. The molecule has 1 amide bonds. The zero-order valence-electron chi connectivity index (χ0n) is 7.97. The number of nitrogens with one attached hydrogen (secondary N) is 1. The molecule has 0 atom stereocenters. The van der Waals surface area contributed by atoms with E-state index in [-0.39, 0.29) is 5.91 Å². The molecule has 0 aromatic carbocycles. The summed E-state index contributed by atoms with van der Waals surface area (Å²) in [7, 11) is 0. The summed E-state index contributed by atoms with van der Waals surface area (Å²) in [4.78, 5) is 14.8. The van der Waals surface area contributed by atoms with Crippen LogP contribution in [0, 0.1) is 0 Å². The minimum absolute atomic E-state index is 0.149. The highest BCUT2D eigenvalue weighted by Crippen LogP contribution is 2.25. The van der Waals surface area contributed by atoms with Gasteiger partial charge in [-0.1, -0.05) is 11.3 Å². The molecule has 0 aliphatic heterocycles. The van der Waals surface area contributed by atoms with Crippen molar-refractivity contribution in [3.8, 4) is 10.6 Å². The molecule has 5 nitrogen and oxygen atoms in total. The van der Waals surface area contributed by atoms with Gasteiger partial charge in [-0.3, -0.25) is 9.78 Å². The maximum absolute atomic E-state index is 10.8. The minimum Gasteiger partial charge on any atom is -0.301 e. The molecule has 0 saturated carbocycles. The van der Waals surface area contributed by atoms with Crippen molar-refractivity contribution in [2.45, 2.75) is 6.92 Å². The summed E-state index contributed by atoms with van der Waals surface area (Å²) in [6.45, 7) is 1.44. The molecule has 0 spiro atoms. The number of aromatic nitrogens is 3. The Hall–Kier alpha value is -1.82. The van der Waals surface area contributed by atoms with Gasteiger partial charge >= 0.3 is 0 Å². The second kappa shape index (κ2) is 4.14. The van der Waals surface area contributed by atoms with Gasteiger partial charge in [-0.25, -0.2) is 0 Å². The first-order valence-corrected chi connectivity index (χ1v) is 5.09. The Morgan fingerprint density at radius 3 is 3.00 bits per heavy atom. The molecule has 2 heterocycles. The van der Waals surface area contributed by atoms with Gasteiger partial charge in [0.2, 0.25) is 11.0 Å². The number of pyridine rings is 1. The normalized spacial score (nSPS) is 9.93. The molecule has 2 aromatic rings. The lowest BCUT2D eigenvalue weighted by atomic mass is 10.3. The molecule has 0 fully saturated rings. The maximum Gasteiger partial charge on any atom is 0.223 e. The smallest absolute Gasteiger partial charge is 0.223 e. The Morgan fingerprint density at radius 1 is 1.47 bits per heavy atom. The van der Waals surface area contributed by atoms with Crippen molar-refractivity contribution in [2.24, 2.45) is 0 Å². The summed E-state index contributed by atoms with van der Waals surface area (Å²) in [6, 6.07) is 3.72. The molecule has 0 unspecified atom stereocenters. The number of carbonyl (C=O) groups excluding carboxylic acids is 1. The summed E-state index contributed by atoms with van der Waals surface area (Å²) in [6.07, 6.45) is 3.40. The van der Waals surface area contributed by atoms with Crippen molar-refractivity contribution in [1.29, 1.82) is 0 Å². The van der Waals surface area contributed by atoms with Crippen LogP contribution in [0.15, 0.2) is 24.5 Å². The van der Waals surface area contributed by atoms with Crippen molar-refractivity contribution in [3.63, 3.8) is 0 Å². The predicted octanol–water partition coefficient (Wildman–Crippen LogP) is 1.56. The van der Waals surface area contributed by atoms with E-state index in [4.69, 9.17) is 0 Å². The third-order valence-electron chi connectivity index (χ3n) is 1.62. The molecule has 0 bridgehead atoms. The summed E-state index contributed by atoms with van der Waals surface area (Å²) in [5.74, 6) is -0.149. The molecule has 0 aliphatic rings. The van der Waals surface area contributed by atoms with Crippen LogP contribution in [0.4, 0.5) is 5.13 Å². The SMILES string of the molecule is CC(=O)Nc1nnc(-c2cccnc2)s1. The first-order chi connectivity index (χ1) is 7.25. The predicted molar refractivity (Wildman–Crippen MR) is 57.4 cm³/mol. The number of hydrogen-bond acceptors (Lipinski definition) is 5. The highest BCUT2D eigenvalue weighted by molar-refractivity contribution is 7.18. The highest BCUT2D eigenvalue weighted by Gasteiger charge is 2.06. The average Bonchev–Trinajstić information content (AvgIpc) is 2.67. The lowest BCUT2D eigenvalue weighted by Crippen LogP contribution is -2.04. The number of hydrogen-bond donors (Lipinski definition) is 1. The lowest BCUT2D eigenvalue weighted by molar-refractivity contribution is -0.114. The van der Waals surface area contributed by atoms with Crippen LogP contribution < -0.4 is 5.32 Å². The van der Waals surface area contributed by atoms with Crippen molar-refractivity contribution >= 4 is 22.4 Å². The van der Waals surface area contributed by atoms with Crippen molar-refractivity contribution in [2.75, 3.05) is 5.32 Å². The molecule has 15 heavy (non-hydrogen) atoms. The van der Waals surface area contributed by atoms with Crippen LogP contribution in [0.2, 0.25) is 0 Å². The Bertz CT molecular complexity index is 468. The number of rotatable bonds is 2. The fraction of sp³-hybridized carbons (Fsp3) is 0.111.